The largest absolute Gasteiger partial charge is 0.492 e. The number of amides is 3. The zero-order valence-corrected chi connectivity index (χ0v) is 24.7. The molecule has 2 N–H and O–H groups in total. The smallest absolute Gasteiger partial charge is 0.251 e. The SMILES string of the molecule is C=NC=CC=C(C)C(=O)NC(C)=CC=C1C(=C)N(C(=O)CNCCOc2ccccc2)CC(=O)N1CCc1ccccn1. The van der Waals surface area contributed by atoms with E-state index in [-0.39, 0.29) is 30.8 Å². The number of hydrogen-bond acceptors (Lipinski definition) is 7. The van der Waals surface area contributed by atoms with Gasteiger partial charge in [-0.05, 0) is 63.1 Å². The van der Waals surface area contributed by atoms with E-state index in [4.69, 9.17) is 4.74 Å². The van der Waals surface area contributed by atoms with Gasteiger partial charge in [-0.1, -0.05) is 36.9 Å². The number of carbonyl (C=O) groups is 3. The second-order valence-electron chi connectivity index (χ2n) is 9.61. The molecule has 10 heteroatoms. The number of ether oxygens (including phenoxy) is 1. The summed E-state index contributed by atoms with van der Waals surface area (Å²) in [6.45, 7) is 12.0. The maximum atomic E-state index is 13.3. The van der Waals surface area contributed by atoms with E-state index in [0.717, 1.165) is 11.4 Å². The van der Waals surface area contributed by atoms with E-state index in [1.165, 1.54) is 11.1 Å². The fraction of sp³-hybridized carbons (Fsp3) is 0.242. The van der Waals surface area contributed by atoms with Crippen molar-refractivity contribution in [1.29, 1.82) is 0 Å². The van der Waals surface area contributed by atoms with Gasteiger partial charge < -0.3 is 25.2 Å². The number of aliphatic imine (C=N–C) groups is 1. The van der Waals surface area contributed by atoms with Crippen molar-refractivity contribution in [3.63, 3.8) is 0 Å². The van der Waals surface area contributed by atoms with Gasteiger partial charge in [0.05, 0.1) is 17.9 Å². The molecule has 43 heavy (non-hydrogen) atoms. The first-order chi connectivity index (χ1) is 20.8. The molecule has 0 saturated carbocycles. The Bertz CT molecular complexity index is 1410. The predicted octanol–water partition coefficient (Wildman–Crippen LogP) is 3.54. The molecular formula is C33H38N6O4. The summed E-state index contributed by atoms with van der Waals surface area (Å²) in [5.74, 6) is -0.0682. The molecule has 1 saturated heterocycles. The van der Waals surface area contributed by atoms with Gasteiger partial charge in [0, 0.05) is 48.9 Å². The van der Waals surface area contributed by atoms with Crippen LogP contribution in [0.1, 0.15) is 19.5 Å². The second-order valence-corrected chi connectivity index (χ2v) is 9.61. The molecule has 0 unspecified atom stereocenters. The Labute approximate surface area is 252 Å². The van der Waals surface area contributed by atoms with Crippen molar-refractivity contribution in [2.45, 2.75) is 20.3 Å². The van der Waals surface area contributed by atoms with Crippen LogP contribution >= 0.6 is 0 Å². The lowest BCUT2D eigenvalue weighted by Crippen LogP contribution is -2.51. The lowest BCUT2D eigenvalue weighted by Gasteiger charge is -2.38. The molecule has 2 aromatic rings. The van der Waals surface area contributed by atoms with Crippen molar-refractivity contribution in [1.82, 2.24) is 25.4 Å². The van der Waals surface area contributed by atoms with Gasteiger partial charge in [0.25, 0.3) is 5.91 Å². The van der Waals surface area contributed by atoms with Crippen LogP contribution in [0.2, 0.25) is 0 Å². The Hall–Kier alpha value is -5.09. The van der Waals surface area contributed by atoms with Gasteiger partial charge in [0.1, 0.15) is 18.9 Å². The Balaban J connectivity index is 1.71. The minimum atomic E-state index is -0.287. The van der Waals surface area contributed by atoms with Crippen molar-refractivity contribution in [3.05, 3.63) is 120 Å². The molecule has 224 valence electrons. The molecule has 0 aliphatic carbocycles. The summed E-state index contributed by atoms with van der Waals surface area (Å²) in [6.07, 6.45) is 10.3. The van der Waals surface area contributed by atoms with Crippen molar-refractivity contribution in [2.75, 3.05) is 32.8 Å². The maximum Gasteiger partial charge on any atom is 0.251 e. The molecule has 1 fully saturated rings. The van der Waals surface area contributed by atoms with Crippen LogP contribution in [0.25, 0.3) is 0 Å². The normalized spacial score (nSPS) is 15.3. The van der Waals surface area contributed by atoms with Crippen LogP contribution in [0.3, 0.4) is 0 Å². The molecule has 0 atom stereocenters. The standard InChI is InChI=1S/C33H38N6O4/c1-25(11-10-18-34-4)33(42)37-26(2)15-16-30-27(3)39(24-32(41)38(30)21-17-28-12-8-9-19-36-28)31(40)23-35-20-22-43-29-13-6-5-7-14-29/h5-16,18-19,35H,3-4,17,20-24H2,1-2H3,(H,37,42). The number of carbonyl (C=O) groups excluding carboxylic acids is 3. The number of nitrogens with zero attached hydrogens (tertiary/aromatic N) is 4. The van der Waals surface area contributed by atoms with E-state index in [1.54, 1.807) is 49.2 Å². The Morgan fingerprint density at radius 2 is 1.88 bits per heavy atom. The number of allylic oxidation sites excluding steroid dienone is 5. The molecule has 3 rings (SSSR count). The Morgan fingerprint density at radius 1 is 1.12 bits per heavy atom. The lowest BCUT2D eigenvalue weighted by molar-refractivity contribution is -0.139. The number of aromatic nitrogens is 1. The predicted molar refractivity (Wildman–Crippen MR) is 168 cm³/mol. The summed E-state index contributed by atoms with van der Waals surface area (Å²) in [6, 6.07) is 15.0. The van der Waals surface area contributed by atoms with Gasteiger partial charge in [0.2, 0.25) is 11.8 Å². The van der Waals surface area contributed by atoms with E-state index in [2.05, 4.69) is 33.9 Å². The Morgan fingerprint density at radius 3 is 2.60 bits per heavy atom. The minimum absolute atomic E-state index is 0.0119. The molecule has 1 aromatic heterocycles. The van der Waals surface area contributed by atoms with Crippen LogP contribution in [-0.4, -0.2) is 72.0 Å². The fourth-order valence-electron chi connectivity index (χ4n) is 4.08. The maximum absolute atomic E-state index is 13.3. The zero-order chi connectivity index (χ0) is 31.0. The highest BCUT2D eigenvalue weighted by atomic mass is 16.5. The van der Waals surface area contributed by atoms with Gasteiger partial charge >= 0.3 is 0 Å². The number of nitrogens with one attached hydrogen (secondary N) is 2. The molecule has 3 amide bonds. The van der Waals surface area contributed by atoms with Crippen molar-refractivity contribution in [2.24, 2.45) is 4.99 Å². The summed E-state index contributed by atoms with van der Waals surface area (Å²) in [5.41, 5.74) is 2.72. The Kier molecular flexibility index (Phi) is 12.8. The third kappa shape index (κ3) is 10.4. The third-order valence-electron chi connectivity index (χ3n) is 6.39. The van der Waals surface area contributed by atoms with Gasteiger partial charge in [-0.25, -0.2) is 0 Å². The fourth-order valence-corrected chi connectivity index (χ4v) is 4.08. The number of pyridine rings is 1. The van der Waals surface area contributed by atoms with Crippen molar-refractivity contribution < 1.29 is 19.1 Å². The number of para-hydroxylation sites is 1. The van der Waals surface area contributed by atoms with Gasteiger partial charge in [-0.15, -0.1) is 0 Å². The summed E-state index contributed by atoms with van der Waals surface area (Å²) in [4.78, 5) is 49.9. The lowest BCUT2D eigenvalue weighted by atomic mass is 10.1. The molecule has 0 spiro atoms. The molecule has 1 aromatic carbocycles. The number of hydrogen-bond donors (Lipinski definition) is 2. The van der Waals surface area contributed by atoms with E-state index in [9.17, 15) is 14.4 Å². The average molecular weight is 583 g/mol. The zero-order valence-electron chi connectivity index (χ0n) is 24.7. The average Bonchev–Trinajstić information content (AvgIpc) is 3.01. The summed E-state index contributed by atoms with van der Waals surface area (Å²) in [7, 11) is 0. The highest BCUT2D eigenvalue weighted by Gasteiger charge is 2.33. The van der Waals surface area contributed by atoms with Crippen molar-refractivity contribution in [3.8, 4) is 5.75 Å². The van der Waals surface area contributed by atoms with E-state index in [0.29, 0.717) is 48.8 Å². The first-order valence-electron chi connectivity index (χ1n) is 13.9. The van der Waals surface area contributed by atoms with Crippen molar-refractivity contribution >= 4 is 24.4 Å². The minimum Gasteiger partial charge on any atom is -0.492 e. The molecule has 2 heterocycles. The molecule has 10 nitrogen and oxygen atoms in total. The van der Waals surface area contributed by atoms with Crippen LogP contribution in [0, 0.1) is 0 Å². The number of piperazine rings is 1. The van der Waals surface area contributed by atoms with Gasteiger partial charge in [0.15, 0.2) is 0 Å². The van der Waals surface area contributed by atoms with Crippen LogP contribution in [0.5, 0.6) is 5.75 Å². The summed E-state index contributed by atoms with van der Waals surface area (Å²) in [5, 5.41) is 5.89. The van der Waals surface area contributed by atoms with Gasteiger partial charge in [-0.2, -0.15) is 0 Å². The quantitative estimate of drug-likeness (QED) is 0.152. The molecule has 0 bridgehead atoms. The van der Waals surface area contributed by atoms with Crippen LogP contribution in [0.15, 0.2) is 119 Å². The molecular weight excluding hydrogens is 544 g/mol. The third-order valence-corrected chi connectivity index (χ3v) is 6.39. The van der Waals surface area contributed by atoms with E-state index < -0.39 is 0 Å². The highest BCUT2D eigenvalue weighted by Crippen LogP contribution is 2.25. The van der Waals surface area contributed by atoms with Gasteiger partial charge in [-0.3, -0.25) is 24.4 Å². The highest BCUT2D eigenvalue weighted by molar-refractivity contribution is 5.94. The van der Waals surface area contributed by atoms with Crippen LogP contribution < -0.4 is 15.4 Å². The summed E-state index contributed by atoms with van der Waals surface area (Å²) >= 11 is 0. The molecule has 1 aliphatic rings. The monoisotopic (exact) mass is 582 g/mol. The molecule has 1 aliphatic heterocycles. The van der Waals surface area contributed by atoms with E-state index in [1.807, 2.05) is 48.5 Å². The number of rotatable bonds is 14. The first-order valence-corrected chi connectivity index (χ1v) is 13.9. The van der Waals surface area contributed by atoms with E-state index >= 15 is 0 Å². The van der Waals surface area contributed by atoms with Crippen LogP contribution in [0.4, 0.5) is 0 Å². The topological polar surface area (TPSA) is 116 Å². The first kappa shape index (κ1) is 32.4. The van der Waals surface area contributed by atoms with Crippen LogP contribution in [-0.2, 0) is 20.8 Å². The second kappa shape index (κ2) is 17.0. The summed E-state index contributed by atoms with van der Waals surface area (Å²) < 4.78 is 5.66. The molecule has 0 radical (unpaired) electrons. The number of benzene rings is 1.